The van der Waals surface area contributed by atoms with E-state index < -0.39 is 0 Å². The Morgan fingerprint density at radius 2 is 1.30 bits per heavy atom. The lowest BCUT2D eigenvalue weighted by molar-refractivity contribution is 0.112. The molecule has 2 aromatic heterocycles. The van der Waals surface area contributed by atoms with Crippen LogP contribution in [0, 0.1) is 13.8 Å². The van der Waals surface area contributed by atoms with E-state index in [0.717, 1.165) is 61.7 Å². The molecule has 56 heavy (non-hydrogen) atoms. The van der Waals surface area contributed by atoms with Crippen molar-refractivity contribution in [1.29, 1.82) is 0 Å². The third-order valence-electron chi connectivity index (χ3n) is 9.88. The van der Waals surface area contributed by atoms with Crippen LogP contribution in [0.2, 0.25) is 0 Å². The summed E-state index contributed by atoms with van der Waals surface area (Å²) < 4.78 is 18.6. The molecule has 10 heteroatoms. The minimum Gasteiger partial charge on any atom is -0.507 e. The van der Waals surface area contributed by atoms with Crippen LogP contribution in [0.15, 0.2) is 106 Å². The van der Waals surface area contributed by atoms with Crippen molar-refractivity contribution in [2.75, 3.05) is 23.8 Å². The fourth-order valence-electron chi connectivity index (χ4n) is 7.23. The van der Waals surface area contributed by atoms with Crippen LogP contribution in [0.3, 0.4) is 0 Å². The van der Waals surface area contributed by atoms with Crippen molar-refractivity contribution in [2.24, 2.45) is 0 Å². The predicted molar refractivity (Wildman–Crippen MR) is 222 cm³/mol. The number of aldehydes is 1. The zero-order chi connectivity index (χ0) is 38.9. The number of aromatic nitrogens is 2. The van der Waals surface area contributed by atoms with Crippen LogP contribution in [-0.4, -0.2) is 34.6 Å². The van der Waals surface area contributed by atoms with Gasteiger partial charge in [-0.05, 0) is 81.8 Å². The number of benzene rings is 5. The van der Waals surface area contributed by atoms with E-state index in [0.29, 0.717) is 64.0 Å². The summed E-state index contributed by atoms with van der Waals surface area (Å²) in [5.41, 5.74) is 8.60. The Morgan fingerprint density at radius 1 is 0.714 bits per heavy atom. The van der Waals surface area contributed by atoms with Crippen molar-refractivity contribution in [3.8, 4) is 39.7 Å². The van der Waals surface area contributed by atoms with E-state index in [2.05, 4.69) is 10.6 Å². The monoisotopic (exact) mass is 744 g/mol. The van der Waals surface area contributed by atoms with Gasteiger partial charge in [-0.2, -0.15) is 0 Å². The summed E-state index contributed by atoms with van der Waals surface area (Å²) in [6.45, 7) is 9.01. The summed E-state index contributed by atoms with van der Waals surface area (Å²) in [5, 5.41) is 21.0. The first kappa shape index (κ1) is 36.1. The number of anilines is 2. The van der Waals surface area contributed by atoms with Gasteiger partial charge in [-0.25, -0.2) is 0 Å². The number of rotatable bonds is 12. The van der Waals surface area contributed by atoms with Gasteiger partial charge in [0.05, 0.1) is 46.7 Å². The fraction of sp³-hybridized carbons (Fsp3) is 0.174. The standard InChI is InChI=1S/C46H40N4O6/c1-5-54-32-19-30-11-7-26(3)49-43(30)38(21-32)47-23-36-40(52)17-15-34-42(29-13-9-28(25-51)10-14-29)35-16-18-41(53)37(46(35)56-45(34)36)24-48-39-22-33(55-6-2)20-31-12-8-27(4)50-44(31)39/h7-22,25,47-48,52H,5-6,23-24H2,1-4H3. The molecule has 2 aliphatic rings. The summed E-state index contributed by atoms with van der Waals surface area (Å²) in [5.74, 6) is 1.76. The number of phenolic OH excluding ortho intramolecular Hbond substituents is 1. The molecule has 0 saturated carbocycles. The van der Waals surface area contributed by atoms with Gasteiger partial charge in [0.1, 0.15) is 34.9 Å². The van der Waals surface area contributed by atoms with Gasteiger partial charge in [0.25, 0.3) is 0 Å². The quantitative estimate of drug-likeness (QED) is 0.0819. The van der Waals surface area contributed by atoms with E-state index in [1.165, 1.54) is 0 Å². The Labute approximate surface area is 323 Å². The first-order valence-corrected chi connectivity index (χ1v) is 18.6. The number of ether oxygens (including phenoxy) is 2. The van der Waals surface area contributed by atoms with Gasteiger partial charge in [0.15, 0.2) is 5.43 Å². The average Bonchev–Trinajstić information content (AvgIpc) is 3.20. The van der Waals surface area contributed by atoms with Gasteiger partial charge < -0.3 is 29.6 Å². The number of hydrogen-bond acceptors (Lipinski definition) is 10. The Morgan fingerprint density at radius 3 is 1.88 bits per heavy atom. The van der Waals surface area contributed by atoms with Crippen molar-refractivity contribution in [1.82, 2.24) is 9.97 Å². The third kappa shape index (κ3) is 6.81. The molecule has 0 amide bonds. The lowest BCUT2D eigenvalue weighted by atomic mass is 9.90. The Bertz CT molecular complexity index is 2810. The first-order chi connectivity index (χ1) is 27.2. The normalized spacial score (nSPS) is 11.4. The second-order valence-electron chi connectivity index (χ2n) is 13.6. The average molecular weight is 745 g/mol. The highest BCUT2D eigenvalue weighted by atomic mass is 16.5. The molecule has 10 nitrogen and oxygen atoms in total. The fourth-order valence-corrected chi connectivity index (χ4v) is 7.23. The number of carbonyl (C=O) groups excluding carboxylic acids is 1. The second-order valence-corrected chi connectivity index (χ2v) is 13.6. The van der Waals surface area contributed by atoms with E-state index in [4.69, 9.17) is 23.9 Å². The van der Waals surface area contributed by atoms with Gasteiger partial charge in [-0.1, -0.05) is 36.4 Å². The molecule has 3 heterocycles. The number of fused-ring (bicyclic) bond motifs is 4. The maximum atomic E-state index is 13.8. The van der Waals surface area contributed by atoms with Gasteiger partial charge in [0, 0.05) is 69.5 Å². The van der Waals surface area contributed by atoms with Crippen molar-refractivity contribution in [3.63, 3.8) is 0 Å². The molecule has 280 valence electrons. The number of aromatic hydroxyl groups is 1. The molecule has 3 N–H and O–H groups in total. The minimum atomic E-state index is -0.217. The van der Waals surface area contributed by atoms with Crippen LogP contribution in [0.4, 0.5) is 11.4 Å². The predicted octanol–water partition coefficient (Wildman–Crippen LogP) is 9.82. The molecule has 0 bridgehead atoms. The van der Waals surface area contributed by atoms with Crippen LogP contribution < -0.4 is 25.5 Å². The number of phenols is 1. The zero-order valence-electron chi connectivity index (χ0n) is 31.5. The van der Waals surface area contributed by atoms with E-state index in [1.54, 1.807) is 30.3 Å². The molecule has 0 unspecified atom stereocenters. The SMILES string of the molecule is CCOc1cc(NCc2c3oc4c(CNc5cc(OCC)cc6ccc(C)nc56)c(O)ccc4c(-c4ccc(C=O)cc4)c-3ccc2=O)c2nc(C)ccc2c1. The number of nitrogens with one attached hydrogen (secondary N) is 2. The Balaban J connectivity index is 1.30. The highest BCUT2D eigenvalue weighted by Crippen LogP contribution is 2.44. The van der Waals surface area contributed by atoms with Gasteiger partial charge in [0.2, 0.25) is 0 Å². The molecule has 0 atom stereocenters. The van der Waals surface area contributed by atoms with E-state index >= 15 is 0 Å². The van der Waals surface area contributed by atoms with Crippen molar-refractivity contribution in [3.05, 3.63) is 135 Å². The molecule has 1 aliphatic heterocycles. The molecule has 0 spiro atoms. The third-order valence-corrected chi connectivity index (χ3v) is 9.88. The van der Waals surface area contributed by atoms with Crippen LogP contribution in [-0.2, 0) is 13.1 Å². The van der Waals surface area contributed by atoms with Crippen LogP contribution in [0.5, 0.6) is 17.2 Å². The molecule has 0 saturated heterocycles. The minimum absolute atomic E-state index is 0.0170. The number of hydrogen-bond donors (Lipinski definition) is 3. The largest absolute Gasteiger partial charge is 0.507 e. The van der Waals surface area contributed by atoms with Gasteiger partial charge >= 0.3 is 0 Å². The number of aryl methyl sites for hydroxylation is 2. The summed E-state index contributed by atoms with van der Waals surface area (Å²) in [6, 6.07) is 29.7. The van der Waals surface area contributed by atoms with Gasteiger partial charge in [-0.3, -0.25) is 19.6 Å². The van der Waals surface area contributed by atoms with Crippen LogP contribution >= 0.6 is 0 Å². The molecule has 6 aromatic rings. The number of pyridine rings is 2. The molecule has 1 aliphatic carbocycles. The van der Waals surface area contributed by atoms with Crippen molar-refractivity contribution < 1.29 is 23.8 Å². The smallest absolute Gasteiger partial charge is 0.187 e. The Kier molecular flexibility index (Phi) is 9.70. The van der Waals surface area contributed by atoms with E-state index in [-0.39, 0.29) is 24.3 Å². The number of carbonyl (C=O) groups is 1. The molecule has 4 aromatic carbocycles. The molecule has 0 radical (unpaired) electrons. The molecular weight excluding hydrogens is 705 g/mol. The highest BCUT2D eigenvalue weighted by Gasteiger charge is 2.25. The highest BCUT2D eigenvalue weighted by molar-refractivity contribution is 6.04. The summed E-state index contributed by atoms with van der Waals surface area (Å²) in [4.78, 5) is 35.1. The van der Waals surface area contributed by atoms with Crippen molar-refractivity contribution in [2.45, 2.75) is 40.8 Å². The maximum absolute atomic E-state index is 13.8. The maximum Gasteiger partial charge on any atom is 0.187 e. The van der Waals surface area contributed by atoms with Gasteiger partial charge in [-0.15, -0.1) is 0 Å². The lowest BCUT2D eigenvalue weighted by Gasteiger charge is -2.21. The molecule has 8 rings (SSSR count). The van der Waals surface area contributed by atoms with E-state index in [9.17, 15) is 14.7 Å². The summed E-state index contributed by atoms with van der Waals surface area (Å²) in [7, 11) is 0. The zero-order valence-corrected chi connectivity index (χ0v) is 31.5. The number of nitrogens with zero attached hydrogens (tertiary/aromatic N) is 2. The summed E-state index contributed by atoms with van der Waals surface area (Å²) in [6.07, 6.45) is 0.802. The second kappa shape index (κ2) is 15.1. The first-order valence-electron chi connectivity index (χ1n) is 18.6. The van der Waals surface area contributed by atoms with Crippen LogP contribution in [0.1, 0.15) is 46.7 Å². The lowest BCUT2D eigenvalue weighted by Crippen LogP contribution is -2.15. The summed E-state index contributed by atoms with van der Waals surface area (Å²) >= 11 is 0. The Hall–Kier alpha value is -6.94. The molecular formula is C46H40N4O6. The molecule has 0 fully saturated rings. The van der Waals surface area contributed by atoms with Crippen molar-refractivity contribution >= 4 is 50.4 Å². The van der Waals surface area contributed by atoms with Crippen LogP contribution in [0.25, 0.3) is 55.2 Å². The van der Waals surface area contributed by atoms with E-state index in [1.807, 2.05) is 94.4 Å². The topological polar surface area (TPSA) is 136 Å².